The number of ether oxygens (including phenoxy) is 1. The molecule has 2 amide bonds. The van der Waals surface area contributed by atoms with Gasteiger partial charge in [-0.1, -0.05) is 74.5 Å². The number of ketones is 1. The predicted molar refractivity (Wildman–Crippen MR) is 154 cm³/mol. The number of rotatable bonds is 10. The van der Waals surface area contributed by atoms with Gasteiger partial charge in [0.05, 0.1) is 24.8 Å². The van der Waals surface area contributed by atoms with Gasteiger partial charge in [0.1, 0.15) is 18.1 Å². The maximum absolute atomic E-state index is 13.5. The van der Waals surface area contributed by atoms with Crippen molar-refractivity contribution >= 4 is 23.5 Å². The van der Waals surface area contributed by atoms with Gasteiger partial charge < -0.3 is 14.5 Å². The normalized spacial score (nSPS) is 12.0. The van der Waals surface area contributed by atoms with Crippen molar-refractivity contribution in [3.8, 4) is 11.4 Å². The highest BCUT2D eigenvalue weighted by molar-refractivity contribution is 5.98. The lowest BCUT2D eigenvalue weighted by Crippen LogP contribution is -2.46. The third kappa shape index (κ3) is 6.43. The van der Waals surface area contributed by atoms with Crippen molar-refractivity contribution < 1.29 is 23.5 Å². The van der Waals surface area contributed by atoms with Gasteiger partial charge in [0, 0.05) is 5.56 Å². The number of carbonyl (C=O) groups excluding carboxylic acids is 3. The molecule has 2 aromatic carbocycles. The molecular formula is C30H32N6O6. The maximum atomic E-state index is 13.5. The van der Waals surface area contributed by atoms with Crippen LogP contribution < -0.4 is 16.2 Å². The SMILES string of the molecule is COC(=O)Nc1cnc(-c2ccccc2)n(CC(=O)N[C@@H](C(=O)c2nnc(C(C)(C)c3ccccc3)o2)C(C)C)c1=O. The van der Waals surface area contributed by atoms with Crippen LogP contribution >= 0.6 is 0 Å². The van der Waals surface area contributed by atoms with E-state index in [9.17, 15) is 19.2 Å². The number of anilines is 1. The van der Waals surface area contributed by atoms with E-state index in [-0.39, 0.29) is 29.2 Å². The van der Waals surface area contributed by atoms with Gasteiger partial charge >= 0.3 is 6.09 Å². The minimum absolute atomic E-state index is 0.176. The van der Waals surface area contributed by atoms with Crippen molar-refractivity contribution in [1.29, 1.82) is 0 Å². The van der Waals surface area contributed by atoms with Gasteiger partial charge in [-0.15, -0.1) is 10.2 Å². The molecule has 0 spiro atoms. The summed E-state index contributed by atoms with van der Waals surface area (Å²) in [5.74, 6) is -1.33. The Kier molecular flexibility index (Phi) is 8.94. The summed E-state index contributed by atoms with van der Waals surface area (Å²) in [6, 6.07) is 17.3. The molecule has 0 aliphatic carbocycles. The number of hydrogen-bond acceptors (Lipinski definition) is 9. The van der Waals surface area contributed by atoms with Crippen LogP contribution in [0.2, 0.25) is 0 Å². The van der Waals surface area contributed by atoms with Crippen LogP contribution in [0.1, 0.15) is 49.8 Å². The van der Waals surface area contributed by atoms with Crippen molar-refractivity contribution in [2.75, 3.05) is 12.4 Å². The average Bonchev–Trinajstić information content (AvgIpc) is 3.50. The molecule has 0 saturated carbocycles. The highest BCUT2D eigenvalue weighted by atomic mass is 16.5. The Balaban J connectivity index is 1.60. The molecule has 0 unspecified atom stereocenters. The van der Waals surface area contributed by atoms with E-state index in [0.717, 1.165) is 17.2 Å². The second kappa shape index (κ2) is 12.6. The average molecular weight is 573 g/mol. The number of carbonyl (C=O) groups is 3. The van der Waals surface area contributed by atoms with Crippen LogP contribution in [0.3, 0.4) is 0 Å². The Labute approximate surface area is 242 Å². The molecule has 2 heterocycles. The number of nitrogens with one attached hydrogen (secondary N) is 2. The lowest BCUT2D eigenvalue weighted by molar-refractivity contribution is -0.122. The number of benzene rings is 2. The van der Waals surface area contributed by atoms with Gasteiger partial charge in [0.15, 0.2) is 0 Å². The van der Waals surface area contributed by atoms with Crippen LogP contribution in [0.25, 0.3) is 11.4 Å². The summed E-state index contributed by atoms with van der Waals surface area (Å²) in [5, 5.41) is 13.1. The van der Waals surface area contributed by atoms with E-state index >= 15 is 0 Å². The zero-order valence-corrected chi connectivity index (χ0v) is 24.0. The first-order chi connectivity index (χ1) is 20.0. The summed E-state index contributed by atoms with van der Waals surface area (Å²) >= 11 is 0. The number of methoxy groups -OCH3 is 1. The van der Waals surface area contributed by atoms with Crippen molar-refractivity contribution in [3.05, 3.63) is 94.6 Å². The summed E-state index contributed by atoms with van der Waals surface area (Å²) in [4.78, 5) is 56.1. The Morgan fingerprint density at radius 2 is 1.64 bits per heavy atom. The molecule has 42 heavy (non-hydrogen) atoms. The molecule has 0 aliphatic heterocycles. The number of Topliss-reactive ketones (excluding diaryl/α,β-unsaturated/α-hetero) is 1. The lowest BCUT2D eigenvalue weighted by Gasteiger charge is -2.21. The maximum Gasteiger partial charge on any atom is 0.411 e. The Morgan fingerprint density at radius 1 is 1.00 bits per heavy atom. The van der Waals surface area contributed by atoms with Crippen LogP contribution in [0.5, 0.6) is 0 Å². The summed E-state index contributed by atoms with van der Waals surface area (Å²) in [6.07, 6.45) is 0.331. The Hall–Kier alpha value is -5.13. The molecular weight excluding hydrogens is 540 g/mol. The number of hydrogen-bond donors (Lipinski definition) is 2. The van der Waals surface area contributed by atoms with E-state index < -0.39 is 41.3 Å². The minimum Gasteiger partial charge on any atom is -0.453 e. The molecule has 0 fully saturated rings. The highest BCUT2D eigenvalue weighted by Gasteiger charge is 2.34. The summed E-state index contributed by atoms with van der Waals surface area (Å²) in [6.45, 7) is 6.85. The minimum atomic E-state index is -1.02. The predicted octanol–water partition coefficient (Wildman–Crippen LogP) is 3.82. The fourth-order valence-electron chi connectivity index (χ4n) is 4.29. The Morgan fingerprint density at radius 3 is 2.26 bits per heavy atom. The molecule has 4 rings (SSSR count). The lowest BCUT2D eigenvalue weighted by atomic mass is 9.85. The molecule has 12 nitrogen and oxygen atoms in total. The van der Waals surface area contributed by atoms with E-state index in [4.69, 9.17) is 4.42 Å². The van der Waals surface area contributed by atoms with E-state index in [1.165, 1.54) is 6.20 Å². The molecule has 12 heteroatoms. The van der Waals surface area contributed by atoms with Gasteiger partial charge in [-0.3, -0.25) is 24.3 Å². The number of aromatic nitrogens is 4. The monoisotopic (exact) mass is 572 g/mol. The summed E-state index contributed by atoms with van der Waals surface area (Å²) < 4.78 is 11.5. The third-order valence-electron chi connectivity index (χ3n) is 6.73. The van der Waals surface area contributed by atoms with E-state index in [1.807, 2.05) is 44.2 Å². The molecule has 4 aromatic rings. The van der Waals surface area contributed by atoms with E-state index in [1.54, 1.807) is 44.2 Å². The van der Waals surface area contributed by atoms with Gasteiger partial charge in [0.2, 0.25) is 17.6 Å². The molecule has 1 atom stereocenters. The smallest absolute Gasteiger partial charge is 0.411 e. The standard InChI is InChI=1S/C30H32N6O6/c1-18(2)23(24(38)26-34-35-28(42-26)30(3,4)20-14-10-7-11-15-20)33-22(37)17-36-25(19-12-8-6-9-13-19)31-16-21(27(36)39)32-29(40)41-5/h6-16,18,23H,17H2,1-5H3,(H,32,40)(H,33,37)/t23-/m1/s1. The van der Waals surface area contributed by atoms with Gasteiger partial charge in [-0.25, -0.2) is 9.78 Å². The van der Waals surface area contributed by atoms with E-state index in [0.29, 0.717) is 5.56 Å². The zero-order chi connectivity index (χ0) is 30.4. The van der Waals surface area contributed by atoms with Gasteiger partial charge in [0.25, 0.3) is 11.4 Å². The van der Waals surface area contributed by atoms with Gasteiger partial charge in [-0.2, -0.15) is 0 Å². The topological polar surface area (TPSA) is 158 Å². The second-order valence-electron chi connectivity index (χ2n) is 10.4. The molecule has 0 radical (unpaired) electrons. The van der Waals surface area contributed by atoms with Crippen molar-refractivity contribution in [2.45, 2.75) is 45.7 Å². The first-order valence-corrected chi connectivity index (χ1v) is 13.3. The van der Waals surface area contributed by atoms with Crippen LogP contribution in [0, 0.1) is 5.92 Å². The largest absolute Gasteiger partial charge is 0.453 e. The van der Waals surface area contributed by atoms with Crippen LogP contribution in [0.15, 0.2) is 76.1 Å². The van der Waals surface area contributed by atoms with Crippen molar-refractivity contribution in [3.63, 3.8) is 0 Å². The van der Waals surface area contributed by atoms with E-state index in [2.05, 4.69) is 30.6 Å². The number of amides is 2. The van der Waals surface area contributed by atoms with Crippen molar-refractivity contribution in [1.82, 2.24) is 25.1 Å². The quantitative estimate of drug-likeness (QED) is 0.269. The Bertz CT molecular complexity index is 1630. The molecule has 0 bridgehead atoms. The molecule has 0 aliphatic rings. The zero-order valence-electron chi connectivity index (χ0n) is 24.0. The highest BCUT2D eigenvalue weighted by Crippen LogP contribution is 2.30. The van der Waals surface area contributed by atoms with Crippen LogP contribution in [-0.2, 0) is 21.5 Å². The van der Waals surface area contributed by atoms with Crippen molar-refractivity contribution in [2.24, 2.45) is 5.92 Å². The molecule has 2 N–H and O–H groups in total. The summed E-state index contributed by atoms with van der Waals surface area (Å²) in [7, 11) is 1.16. The summed E-state index contributed by atoms with van der Waals surface area (Å²) in [5.41, 5.74) is -0.0116. The molecule has 218 valence electrons. The molecule has 0 saturated heterocycles. The fourth-order valence-corrected chi connectivity index (χ4v) is 4.29. The van der Waals surface area contributed by atoms with Crippen LogP contribution in [0.4, 0.5) is 10.5 Å². The first-order valence-electron chi connectivity index (χ1n) is 13.3. The molecule has 2 aromatic heterocycles. The number of nitrogens with zero attached hydrogens (tertiary/aromatic N) is 4. The second-order valence-corrected chi connectivity index (χ2v) is 10.4. The first kappa shape index (κ1) is 29.8. The fraction of sp³-hybridized carbons (Fsp3) is 0.300. The van der Waals surface area contributed by atoms with Gasteiger partial charge in [-0.05, 0) is 25.3 Å². The van der Waals surface area contributed by atoms with Crippen LogP contribution in [-0.4, -0.2) is 50.7 Å². The third-order valence-corrected chi connectivity index (χ3v) is 6.73.